The third kappa shape index (κ3) is 2.67. The number of hydrogen-bond acceptors (Lipinski definition) is 5. The van der Waals surface area contributed by atoms with Crippen molar-refractivity contribution in [3.05, 3.63) is 41.8 Å². The Balaban J connectivity index is 1.98. The summed E-state index contributed by atoms with van der Waals surface area (Å²) < 4.78 is 2.79. The first-order chi connectivity index (χ1) is 6.90. The van der Waals surface area contributed by atoms with Gasteiger partial charge in [-0.1, -0.05) is 59.2 Å². The molecule has 0 aromatic rings. The van der Waals surface area contributed by atoms with Crippen molar-refractivity contribution < 1.29 is 0 Å². The summed E-state index contributed by atoms with van der Waals surface area (Å²) in [6.45, 7) is 0.611. The lowest BCUT2D eigenvalue weighted by Crippen LogP contribution is -1.91. The lowest BCUT2D eigenvalue weighted by atomic mass is 10.5. The summed E-state index contributed by atoms with van der Waals surface area (Å²) in [5.41, 5.74) is 5.40. The van der Waals surface area contributed by atoms with E-state index in [1.807, 2.05) is 17.8 Å². The van der Waals surface area contributed by atoms with Crippen LogP contribution in [0.15, 0.2) is 41.8 Å². The SMILES string of the molecule is NC/C=C/C1=CSC(=C2SC=CS2)S1. The molecule has 14 heavy (non-hydrogen) atoms. The van der Waals surface area contributed by atoms with Gasteiger partial charge < -0.3 is 5.73 Å². The molecule has 0 aromatic heterocycles. The molecule has 5 heteroatoms. The third-order valence-corrected chi connectivity index (χ3v) is 6.49. The van der Waals surface area contributed by atoms with Gasteiger partial charge in [0.15, 0.2) is 0 Å². The number of hydrogen-bond donors (Lipinski definition) is 1. The minimum atomic E-state index is 0.611. The van der Waals surface area contributed by atoms with Gasteiger partial charge in [0.1, 0.15) is 0 Å². The largest absolute Gasteiger partial charge is 0.327 e. The minimum Gasteiger partial charge on any atom is -0.327 e. The molecule has 0 fully saturated rings. The van der Waals surface area contributed by atoms with E-state index in [1.165, 1.54) is 13.4 Å². The van der Waals surface area contributed by atoms with E-state index in [0.717, 1.165) is 0 Å². The van der Waals surface area contributed by atoms with Crippen molar-refractivity contribution in [1.82, 2.24) is 0 Å². The van der Waals surface area contributed by atoms with Crippen LogP contribution in [0.3, 0.4) is 0 Å². The highest BCUT2D eigenvalue weighted by molar-refractivity contribution is 8.33. The van der Waals surface area contributed by atoms with Crippen molar-refractivity contribution in [3.8, 4) is 0 Å². The number of nitrogens with two attached hydrogens (primary N) is 1. The molecule has 1 nitrogen and oxygen atoms in total. The highest BCUT2D eigenvalue weighted by Crippen LogP contribution is 2.53. The van der Waals surface area contributed by atoms with Crippen LogP contribution in [0.2, 0.25) is 0 Å². The second-order valence-corrected chi connectivity index (χ2v) is 6.77. The van der Waals surface area contributed by atoms with Crippen LogP contribution >= 0.6 is 47.0 Å². The van der Waals surface area contributed by atoms with E-state index in [0.29, 0.717) is 6.54 Å². The van der Waals surface area contributed by atoms with Crippen LogP contribution in [0.1, 0.15) is 0 Å². The minimum absolute atomic E-state index is 0.611. The molecule has 0 atom stereocenters. The first-order valence-corrected chi connectivity index (χ1v) is 7.49. The highest BCUT2D eigenvalue weighted by Gasteiger charge is 2.16. The van der Waals surface area contributed by atoms with Crippen molar-refractivity contribution >= 4 is 47.0 Å². The van der Waals surface area contributed by atoms with Gasteiger partial charge >= 0.3 is 0 Å². The first-order valence-electron chi connectivity index (χ1n) is 4.04. The Bertz CT molecular complexity index is 331. The lowest BCUT2D eigenvalue weighted by molar-refractivity contribution is 1.25. The summed E-state index contributed by atoms with van der Waals surface area (Å²) in [6.07, 6.45) is 4.07. The Morgan fingerprint density at radius 1 is 1.14 bits per heavy atom. The predicted molar refractivity (Wildman–Crippen MR) is 72.8 cm³/mol. The van der Waals surface area contributed by atoms with E-state index in [1.54, 1.807) is 35.3 Å². The molecular formula is C9H9NS4. The van der Waals surface area contributed by atoms with Gasteiger partial charge in [-0.15, -0.1) is 0 Å². The maximum Gasteiger partial charge on any atom is 0.0700 e. The molecule has 0 aromatic carbocycles. The Kier molecular flexibility index (Phi) is 4.19. The van der Waals surface area contributed by atoms with Gasteiger partial charge in [0.25, 0.3) is 0 Å². The molecule has 0 unspecified atom stereocenters. The molecule has 0 bridgehead atoms. The molecule has 2 aliphatic heterocycles. The molecular weight excluding hydrogens is 250 g/mol. The molecule has 0 radical (unpaired) electrons. The van der Waals surface area contributed by atoms with Gasteiger partial charge in [0.2, 0.25) is 0 Å². The van der Waals surface area contributed by atoms with E-state index in [9.17, 15) is 0 Å². The fourth-order valence-electron chi connectivity index (χ4n) is 0.917. The second kappa shape index (κ2) is 5.42. The fourth-order valence-corrected chi connectivity index (χ4v) is 5.29. The van der Waals surface area contributed by atoms with Crippen LogP contribution in [-0.2, 0) is 0 Å². The summed E-state index contributed by atoms with van der Waals surface area (Å²) in [5, 5.41) is 6.43. The van der Waals surface area contributed by atoms with Crippen LogP contribution < -0.4 is 5.73 Å². The predicted octanol–water partition coefficient (Wildman–Crippen LogP) is 3.90. The topological polar surface area (TPSA) is 26.0 Å². The highest BCUT2D eigenvalue weighted by atomic mass is 32.2. The van der Waals surface area contributed by atoms with Gasteiger partial charge in [0, 0.05) is 11.4 Å². The summed E-state index contributed by atoms with van der Waals surface area (Å²) in [7, 11) is 0. The lowest BCUT2D eigenvalue weighted by Gasteiger charge is -1.99. The molecule has 2 heterocycles. The molecule has 74 valence electrons. The average Bonchev–Trinajstić information content (AvgIpc) is 2.85. The fraction of sp³-hybridized carbons (Fsp3) is 0.111. The van der Waals surface area contributed by atoms with Gasteiger partial charge in [-0.05, 0) is 16.2 Å². The third-order valence-electron chi connectivity index (χ3n) is 1.48. The maximum atomic E-state index is 5.40. The van der Waals surface area contributed by atoms with Crippen LogP contribution in [0.25, 0.3) is 0 Å². The summed E-state index contributed by atoms with van der Waals surface area (Å²) in [4.78, 5) is 1.29. The van der Waals surface area contributed by atoms with Gasteiger partial charge in [-0.3, -0.25) is 0 Å². The van der Waals surface area contributed by atoms with Gasteiger partial charge in [0.05, 0.1) is 8.47 Å². The molecule has 0 saturated heterocycles. The molecule has 2 aliphatic rings. The van der Waals surface area contributed by atoms with Crippen molar-refractivity contribution in [2.24, 2.45) is 5.73 Å². The summed E-state index contributed by atoms with van der Waals surface area (Å²) in [5.74, 6) is 0. The normalized spacial score (nSPS) is 21.4. The molecule has 2 rings (SSSR count). The Hall–Kier alpha value is 0.320. The van der Waals surface area contributed by atoms with Crippen molar-refractivity contribution in [2.75, 3.05) is 6.54 Å². The van der Waals surface area contributed by atoms with Crippen molar-refractivity contribution in [2.45, 2.75) is 0 Å². The molecule has 0 amide bonds. The summed E-state index contributed by atoms with van der Waals surface area (Å²) >= 11 is 7.24. The molecule has 0 aliphatic carbocycles. The van der Waals surface area contributed by atoms with Crippen LogP contribution in [0, 0.1) is 0 Å². The first kappa shape index (κ1) is 10.8. The zero-order valence-corrected chi connectivity index (χ0v) is 10.6. The number of allylic oxidation sites excluding steroid dienone is 1. The second-order valence-electron chi connectivity index (χ2n) is 2.46. The van der Waals surface area contributed by atoms with E-state index < -0.39 is 0 Å². The number of thioether (sulfide) groups is 4. The Morgan fingerprint density at radius 2 is 1.93 bits per heavy atom. The monoisotopic (exact) mass is 259 g/mol. The zero-order chi connectivity index (χ0) is 9.80. The quantitative estimate of drug-likeness (QED) is 0.811. The summed E-state index contributed by atoms with van der Waals surface area (Å²) in [6, 6.07) is 0. The van der Waals surface area contributed by atoms with Crippen LogP contribution in [0.4, 0.5) is 0 Å². The average molecular weight is 259 g/mol. The van der Waals surface area contributed by atoms with Crippen LogP contribution in [0.5, 0.6) is 0 Å². The van der Waals surface area contributed by atoms with Crippen LogP contribution in [-0.4, -0.2) is 6.54 Å². The Morgan fingerprint density at radius 3 is 2.64 bits per heavy atom. The standard InChI is InChI=1S/C9H9NS4/c10-3-1-2-7-6-13-9(14-7)8-11-4-5-12-8/h1-2,4-6H,3,10H2/b2-1+. The van der Waals surface area contributed by atoms with Gasteiger partial charge in [-0.2, -0.15) is 0 Å². The number of rotatable bonds is 2. The maximum absolute atomic E-state index is 5.40. The van der Waals surface area contributed by atoms with Gasteiger partial charge in [-0.25, -0.2) is 0 Å². The van der Waals surface area contributed by atoms with E-state index in [4.69, 9.17) is 5.73 Å². The van der Waals surface area contributed by atoms with Crippen molar-refractivity contribution in [1.29, 1.82) is 0 Å². The molecule has 0 spiro atoms. The van der Waals surface area contributed by atoms with E-state index in [2.05, 4.69) is 22.3 Å². The van der Waals surface area contributed by atoms with Crippen molar-refractivity contribution in [3.63, 3.8) is 0 Å². The smallest absolute Gasteiger partial charge is 0.0700 e. The zero-order valence-electron chi connectivity index (χ0n) is 7.30. The molecule has 2 N–H and O–H groups in total. The Labute approximate surface area is 101 Å². The van der Waals surface area contributed by atoms with E-state index >= 15 is 0 Å². The van der Waals surface area contributed by atoms with E-state index in [-0.39, 0.29) is 0 Å². The molecule has 0 saturated carbocycles.